The summed E-state index contributed by atoms with van der Waals surface area (Å²) >= 11 is 0. The highest BCUT2D eigenvalue weighted by molar-refractivity contribution is 5.84. The number of amides is 1. The number of aryl methyl sites for hydroxylation is 1. The highest BCUT2D eigenvalue weighted by atomic mass is 16.5. The topological polar surface area (TPSA) is 123 Å². The Hall–Kier alpha value is -2.81. The molecule has 0 saturated carbocycles. The molecule has 1 amide bonds. The molecule has 0 radical (unpaired) electrons. The summed E-state index contributed by atoms with van der Waals surface area (Å²) in [6.45, 7) is 1.20. The van der Waals surface area contributed by atoms with Crippen molar-refractivity contribution in [3.05, 3.63) is 34.6 Å². The molecule has 9 heteroatoms. The molecule has 0 aliphatic rings. The Kier molecular flexibility index (Phi) is 5.96. The lowest BCUT2D eigenvalue weighted by atomic mass is 10.2. The SMILES string of the molecule is CCOC(=O)C(CO)NC(=O)CCn1nnc2ccccc2c1=O. The molecule has 2 rings (SSSR count). The molecule has 2 aromatic rings. The zero-order chi connectivity index (χ0) is 17.5. The third kappa shape index (κ3) is 4.13. The Labute approximate surface area is 137 Å². The molecule has 0 aliphatic carbocycles. The van der Waals surface area contributed by atoms with Crippen molar-refractivity contribution in [2.45, 2.75) is 25.9 Å². The molecule has 1 atom stereocenters. The van der Waals surface area contributed by atoms with E-state index in [1.54, 1.807) is 31.2 Å². The molecule has 0 fully saturated rings. The van der Waals surface area contributed by atoms with Gasteiger partial charge in [0, 0.05) is 6.42 Å². The van der Waals surface area contributed by atoms with E-state index < -0.39 is 24.5 Å². The lowest BCUT2D eigenvalue weighted by Gasteiger charge is -2.14. The van der Waals surface area contributed by atoms with Crippen LogP contribution in [0.15, 0.2) is 29.1 Å². The van der Waals surface area contributed by atoms with Crippen molar-refractivity contribution in [3.8, 4) is 0 Å². The summed E-state index contributed by atoms with van der Waals surface area (Å²) in [6, 6.07) is 5.64. The lowest BCUT2D eigenvalue weighted by Crippen LogP contribution is -2.44. The van der Waals surface area contributed by atoms with Gasteiger partial charge in [0.05, 0.1) is 25.1 Å². The predicted molar refractivity (Wildman–Crippen MR) is 84.1 cm³/mol. The summed E-state index contributed by atoms with van der Waals surface area (Å²) < 4.78 is 5.82. The van der Waals surface area contributed by atoms with Gasteiger partial charge in [0.25, 0.3) is 5.56 Å². The number of fused-ring (bicyclic) bond motifs is 1. The number of nitrogens with zero attached hydrogens (tertiary/aromatic N) is 3. The van der Waals surface area contributed by atoms with Crippen LogP contribution in [0.4, 0.5) is 0 Å². The number of aromatic nitrogens is 3. The van der Waals surface area contributed by atoms with E-state index in [0.29, 0.717) is 10.9 Å². The third-order valence-electron chi connectivity index (χ3n) is 3.27. The van der Waals surface area contributed by atoms with Crippen LogP contribution in [-0.2, 0) is 20.9 Å². The van der Waals surface area contributed by atoms with Crippen LogP contribution >= 0.6 is 0 Å². The maximum Gasteiger partial charge on any atom is 0.331 e. The quantitative estimate of drug-likeness (QED) is 0.637. The van der Waals surface area contributed by atoms with Crippen LogP contribution < -0.4 is 10.9 Å². The van der Waals surface area contributed by atoms with Gasteiger partial charge in [0.1, 0.15) is 5.52 Å². The summed E-state index contributed by atoms with van der Waals surface area (Å²) in [5.74, 6) is -1.22. The molecule has 0 bridgehead atoms. The van der Waals surface area contributed by atoms with Gasteiger partial charge in [0.15, 0.2) is 6.04 Å². The van der Waals surface area contributed by atoms with E-state index in [9.17, 15) is 14.4 Å². The second kappa shape index (κ2) is 8.16. The fourth-order valence-electron chi connectivity index (χ4n) is 2.07. The van der Waals surface area contributed by atoms with Crippen LogP contribution in [0.1, 0.15) is 13.3 Å². The van der Waals surface area contributed by atoms with E-state index in [-0.39, 0.29) is 25.1 Å². The van der Waals surface area contributed by atoms with E-state index in [0.717, 1.165) is 4.68 Å². The van der Waals surface area contributed by atoms with Crippen molar-refractivity contribution in [3.63, 3.8) is 0 Å². The fourth-order valence-corrected chi connectivity index (χ4v) is 2.07. The number of esters is 1. The number of hydrogen-bond acceptors (Lipinski definition) is 7. The van der Waals surface area contributed by atoms with Gasteiger partial charge in [-0.15, -0.1) is 5.10 Å². The Bertz CT molecular complexity index is 789. The monoisotopic (exact) mass is 334 g/mol. The number of benzene rings is 1. The summed E-state index contributed by atoms with van der Waals surface area (Å²) in [6.07, 6.45) is -0.0944. The molecule has 0 spiro atoms. The molecule has 9 nitrogen and oxygen atoms in total. The number of aliphatic hydroxyl groups excluding tert-OH is 1. The van der Waals surface area contributed by atoms with Crippen LogP contribution in [-0.4, -0.2) is 51.2 Å². The summed E-state index contributed by atoms with van der Waals surface area (Å²) in [5.41, 5.74) is 0.128. The fraction of sp³-hybridized carbons (Fsp3) is 0.400. The first-order valence-corrected chi connectivity index (χ1v) is 7.46. The normalized spacial score (nSPS) is 11.9. The molecule has 1 unspecified atom stereocenters. The maximum absolute atomic E-state index is 12.2. The van der Waals surface area contributed by atoms with Crippen LogP contribution in [0, 0.1) is 0 Å². The van der Waals surface area contributed by atoms with E-state index in [1.807, 2.05) is 0 Å². The van der Waals surface area contributed by atoms with E-state index >= 15 is 0 Å². The summed E-state index contributed by atoms with van der Waals surface area (Å²) in [5, 5.41) is 19.6. The average Bonchev–Trinajstić information content (AvgIpc) is 2.59. The molecule has 1 aromatic carbocycles. The molecule has 0 saturated heterocycles. The number of nitrogens with one attached hydrogen (secondary N) is 1. The van der Waals surface area contributed by atoms with Gasteiger partial charge in [-0.2, -0.15) is 0 Å². The molecule has 24 heavy (non-hydrogen) atoms. The Morgan fingerprint density at radius 3 is 2.83 bits per heavy atom. The zero-order valence-corrected chi connectivity index (χ0v) is 13.1. The number of rotatable bonds is 7. The zero-order valence-electron chi connectivity index (χ0n) is 13.1. The van der Waals surface area contributed by atoms with E-state index in [2.05, 4.69) is 15.6 Å². The second-order valence-electron chi connectivity index (χ2n) is 4.94. The molecule has 0 aliphatic heterocycles. The van der Waals surface area contributed by atoms with Crippen molar-refractivity contribution >= 4 is 22.8 Å². The average molecular weight is 334 g/mol. The summed E-state index contributed by atoms with van der Waals surface area (Å²) in [7, 11) is 0. The van der Waals surface area contributed by atoms with Crippen LogP contribution in [0.25, 0.3) is 10.9 Å². The number of ether oxygens (including phenoxy) is 1. The lowest BCUT2D eigenvalue weighted by molar-refractivity contribution is -0.148. The van der Waals surface area contributed by atoms with Gasteiger partial charge in [-0.1, -0.05) is 17.3 Å². The van der Waals surface area contributed by atoms with Gasteiger partial charge >= 0.3 is 5.97 Å². The van der Waals surface area contributed by atoms with Gasteiger partial charge in [-0.3, -0.25) is 9.59 Å². The van der Waals surface area contributed by atoms with E-state index in [4.69, 9.17) is 9.84 Å². The van der Waals surface area contributed by atoms with Crippen molar-refractivity contribution in [2.75, 3.05) is 13.2 Å². The third-order valence-corrected chi connectivity index (χ3v) is 3.27. The molecular formula is C15H18N4O5. The first kappa shape index (κ1) is 17.5. The minimum absolute atomic E-state index is 0.00345. The smallest absolute Gasteiger partial charge is 0.331 e. The minimum Gasteiger partial charge on any atom is -0.464 e. The van der Waals surface area contributed by atoms with Crippen molar-refractivity contribution < 1.29 is 19.4 Å². The number of aliphatic hydroxyl groups is 1. The first-order chi connectivity index (χ1) is 11.6. The number of carbonyl (C=O) groups excluding carboxylic acids is 2. The Balaban J connectivity index is 2.00. The van der Waals surface area contributed by atoms with Crippen LogP contribution in [0.2, 0.25) is 0 Å². The largest absolute Gasteiger partial charge is 0.464 e. The Morgan fingerprint density at radius 1 is 1.38 bits per heavy atom. The van der Waals surface area contributed by atoms with Crippen molar-refractivity contribution in [2.24, 2.45) is 0 Å². The van der Waals surface area contributed by atoms with Gasteiger partial charge in [0.2, 0.25) is 5.91 Å². The van der Waals surface area contributed by atoms with Gasteiger partial charge in [-0.25, -0.2) is 9.48 Å². The highest BCUT2D eigenvalue weighted by Gasteiger charge is 2.21. The molecule has 1 heterocycles. The second-order valence-corrected chi connectivity index (χ2v) is 4.94. The summed E-state index contributed by atoms with van der Waals surface area (Å²) in [4.78, 5) is 35.6. The first-order valence-electron chi connectivity index (χ1n) is 7.46. The molecule has 128 valence electrons. The van der Waals surface area contributed by atoms with Crippen LogP contribution in [0.5, 0.6) is 0 Å². The molecular weight excluding hydrogens is 316 g/mol. The van der Waals surface area contributed by atoms with Crippen LogP contribution in [0.3, 0.4) is 0 Å². The van der Waals surface area contributed by atoms with Crippen molar-refractivity contribution in [1.29, 1.82) is 0 Å². The Morgan fingerprint density at radius 2 is 2.12 bits per heavy atom. The van der Waals surface area contributed by atoms with E-state index in [1.165, 1.54) is 0 Å². The van der Waals surface area contributed by atoms with Gasteiger partial charge < -0.3 is 15.2 Å². The highest BCUT2D eigenvalue weighted by Crippen LogP contribution is 2.03. The molecule has 1 aromatic heterocycles. The standard InChI is InChI=1S/C15H18N4O5/c1-2-24-15(23)12(9-20)16-13(21)7-8-19-14(22)10-5-3-4-6-11(10)17-18-19/h3-6,12,20H,2,7-9H2,1H3,(H,16,21). The van der Waals surface area contributed by atoms with Gasteiger partial charge in [-0.05, 0) is 19.1 Å². The minimum atomic E-state index is -1.13. The van der Waals surface area contributed by atoms with Crippen molar-refractivity contribution in [1.82, 2.24) is 20.3 Å². The number of hydrogen-bond donors (Lipinski definition) is 2. The number of carbonyl (C=O) groups is 2. The maximum atomic E-state index is 12.2. The predicted octanol–water partition coefficient (Wildman–Crippen LogP) is -0.778. The molecule has 2 N–H and O–H groups in total.